The van der Waals surface area contributed by atoms with Gasteiger partial charge in [-0.3, -0.25) is 0 Å². The Morgan fingerprint density at radius 1 is 1.38 bits per heavy atom. The van der Waals surface area contributed by atoms with E-state index in [0.717, 1.165) is 5.56 Å². The standard InChI is InChI=1S/C11H17NO3S/c1-11(2,8-16(12,14)15)7-9-4-3-5-10(13)6-9/h3-6,13H,7-8H2,1-2H3,(H2,12,14,15). The van der Waals surface area contributed by atoms with Gasteiger partial charge in [0.05, 0.1) is 5.75 Å². The number of benzene rings is 1. The van der Waals surface area contributed by atoms with E-state index in [4.69, 9.17) is 5.14 Å². The zero-order valence-corrected chi connectivity index (χ0v) is 10.3. The van der Waals surface area contributed by atoms with Gasteiger partial charge in [-0.1, -0.05) is 26.0 Å². The van der Waals surface area contributed by atoms with Crippen molar-refractivity contribution in [2.24, 2.45) is 10.6 Å². The lowest BCUT2D eigenvalue weighted by Gasteiger charge is -2.23. The van der Waals surface area contributed by atoms with Crippen molar-refractivity contribution in [1.29, 1.82) is 0 Å². The van der Waals surface area contributed by atoms with Crippen molar-refractivity contribution in [2.75, 3.05) is 5.75 Å². The molecule has 0 saturated carbocycles. The molecule has 0 heterocycles. The summed E-state index contributed by atoms with van der Waals surface area (Å²) in [6.07, 6.45) is 0.553. The highest BCUT2D eigenvalue weighted by Crippen LogP contribution is 2.24. The molecular formula is C11H17NO3S. The molecule has 5 heteroatoms. The maximum atomic E-state index is 11.0. The fourth-order valence-electron chi connectivity index (χ4n) is 1.81. The molecule has 0 aromatic heterocycles. The Morgan fingerprint density at radius 3 is 2.50 bits per heavy atom. The van der Waals surface area contributed by atoms with Gasteiger partial charge in [0.15, 0.2) is 0 Å². The number of aromatic hydroxyl groups is 1. The van der Waals surface area contributed by atoms with E-state index >= 15 is 0 Å². The first-order chi connectivity index (χ1) is 7.18. The van der Waals surface area contributed by atoms with Gasteiger partial charge in [0.25, 0.3) is 0 Å². The molecule has 0 unspecified atom stereocenters. The van der Waals surface area contributed by atoms with Gasteiger partial charge in [0, 0.05) is 0 Å². The summed E-state index contributed by atoms with van der Waals surface area (Å²) >= 11 is 0. The van der Waals surface area contributed by atoms with Crippen molar-refractivity contribution in [3.8, 4) is 5.75 Å². The monoisotopic (exact) mass is 243 g/mol. The van der Waals surface area contributed by atoms with Crippen LogP contribution in [0.15, 0.2) is 24.3 Å². The van der Waals surface area contributed by atoms with Crippen molar-refractivity contribution in [3.05, 3.63) is 29.8 Å². The van der Waals surface area contributed by atoms with Gasteiger partial charge in [0.2, 0.25) is 10.0 Å². The van der Waals surface area contributed by atoms with Crippen LogP contribution in [0.1, 0.15) is 19.4 Å². The second-order valence-electron chi connectivity index (χ2n) is 4.82. The van der Waals surface area contributed by atoms with Gasteiger partial charge in [-0.25, -0.2) is 13.6 Å². The molecule has 0 aliphatic carbocycles. The fraction of sp³-hybridized carbons (Fsp3) is 0.455. The van der Waals surface area contributed by atoms with Crippen LogP contribution in [0.4, 0.5) is 0 Å². The summed E-state index contributed by atoms with van der Waals surface area (Å²) in [5.74, 6) is 0.110. The molecule has 16 heavy (non-hydrogen) atoms. The van der Waals surface area contributed by atoms with E-state index in [9.17, 15) is 13.5 Å². The molecule has 1 aromatic rings. The minimum absolute atomic E-state index is 0.0738. The number of hydrogen-bond acceptors (Lipinski definition) is 3. The minimum atomic E-state index is -3.47. The molecule has 0 amide bonds. The first-order valence-corrected chi connectivity index (χ1v) is 6.68. The lowest BCUT2D eigenvalue weighted by atomic mass is 9.88. The van der Waals surface area contributed by atoms with E-state index in [0.29, 0.717) is 6.42 Å². The van der Waals surface area contributed by atoms with Gasteiger partial charge in [-0.05, 0) is 29.5 Å². The average Bonchev–Trinajstić information content (AvgIpc) is 1.96. The van der Waals surface area contributed by atoms with Crippen LogP contribution in [-0.2, 0) is 16.4 Å². The van der Waals surface area contributed by atoms with Crippen LogP contribution in [-0.4, -0.2) is 19.3 Å². The summed E-state index contributed by atoms with van der Waals surface area (Å²) in [5.41, 5.74) is 0.454. The van der Waals surface area contributed by atoms with Crippen molar-refractivity contribution in [1.82, 2.24) is 0 Å². The molecule has 0 saturated heterocycles. The number of primary sulfonamides is 1. The van der Waals surface area contributed by atoms with Crippen LogP contribution >= 0.6 is 0 Å². The number of phenols is 1. The number of hydrogen-bond donors (Lipinski definition) is 2. The molecule has 0 bridgehead atoms. The highest BCUT2D eigenvalue weighted by atomic mass is 32.2. The van der Waals surface area contributed by atoms with Crippen molar-refractivity contribution in [3.63, 3.8) is 0 Å². The van der Waals surface area contributed by atoms with Crippen LogP contribution in [0, 0.1) is 5.41 Å². The predicted molar refractivity (Wildman–Crippen MR) is 63.6 cm³/mol. The molecule has 4 nitrogen and oxygen atoms in total. The summed E-state index contributed by atoms with van der Waals surface area (Å²) in [5, 5.41) is 14.3. The van der Waals surface area contributed by atoms with Crippen LogP contribution in [0.3, 0.4) is 0 Å². The number of nitrogens with two attached hydrogens (primary N) is 1. The summed E-state index contributed by atoms with van der Waals surface area (Å²) in [4.78, 5) is 0. The Bertz CT molecular complexity index is 466. The van der Waals surface area contributed by atoms with Crippen LogP contribution in [0.25, 0.3) is 0 Å². The van der Waals surface area contributed by atoms with Gasteiger partial charge >= 0.3 is 0 Å². The second-order valence-corrected chi connectivity index (χ2v) is 6.43. The average molecular weight is 243 g/mol. The largest absolute Gasteiger partial charge is 0.508 e. The zero-order valence-electron chi connectivity index (χ0n) is 9.47. The molecule has 1 aromatic carbocycles. The third kappa shape index (κ3) is 4.63. The zero-order chi connectivity index (χ0) is 12.4. The molecule has 0 aliphatic rings. The molecule has 0 atom stereocenters. The molecule has 0 aliphatic heterocycles. The molecule has 90 valence electrons. The SMILES string of the molecule is CC(C)(Cc1cccc(O)c1)CS(N)(=O)=O. The maximum Gasteiger partial charge on any atom is 0.209 e. The molecule has 1 rings (SSSR count). The van der Waals surface area contributed by atoms with Crippen LogP contribution in [0.5, 0.6) is 5.75 Å². The normalized spacial score (nSPS) is 12.7. The topological polar surface area (TPSA) is 80.4 Å². The molecule has 3 N–H and O–H groups in total. The first-order valence-electron chi connectivity index (χ1n) is 4.96. The van der Waals surface area contributed by atoms with Gasteiger partial charge < -0.3 is 5.11 Å². The predicted octanol–water partition coefficient (Wildman–Crippen LogP) is 1.25. The third-order valence-corrected chi connectivity index (χ3v) is 3.37. The van der Waals surface area contributed by atoms with E-state index in [1.54, 1.807) is 18.2 Å². The van der Waals surface area contributed by atoms with E-state index in [-0.39, 0.29) is 11.5 Å². The lowest BCUT2D eigenvalue weighted by Crippen LogP contribution is -2.30. The number of phenolic OH excluding ortho intramolecular Hbond substituents is 1. The summed E-state index contributed by atoms with van der Waals surface area (Å²) in [6.45, 7) is 3.67. The maximum absolute atomic E-state index is 11.0. The summed E-state index contributed by atoms with van der Waals surface area (Å²) in [7, 11) is -3.47. The summed E-state index contributed by atoms with van der Waals surface area (Å²) < 4.78 is 22.1. The van der Waals surface area contributed by atoms with Crippen molar-refractivity contribution in [2.45, 2.75) is 20.3 Å². The Hall–Kier alpha value is -1.07. The number of sulfonamides is 1. The Balaban J connectivity index is 2.80. The van der Waals surface area contributed by atoms with Gasteiger partial charge in [0.1, 0.15) is 5.75 Å². The number of rotatable bonds is 4. The van der Waals surface area contributed by atoms with E-state index < -0.39 is 15.4 Å². The van der Waals surface area contributed by atoms with E-state index in [2.05, 4.69) is 0 Å². The van der Waals surface area contributed by atoms with Gasteiger partial charge in [-0.15, -0.1) is 0 Å². The molecular weight excluding hydrogens is 226 g/mol. The smallest absolute Gasteiger partial charge is 0.209 e. The fourth-order valence-corrected chi connectivity index (χ4v) is 3.01. The molecule has 0 radical (unpaired) electrons. The lowest BCUT2D eigenvalue weighted by molar-refractivity contribution is 0.408. The van der Waals surface area contributed by atoms with Crippen LogP contribution < -0.4 is 5.14 Å². The van der Waals surface area contributed by atoms with E-state index in [1.165, 1.54) is 0 Å². The quantitative estimate of drug-likeness (QED) is 0.835. The molecule has 0 spiro atoms. The first kappa shape index (κ1) is 13.0. The van der Waals surface area contributed by atoms with Crippen LogP contribution in [0.2, 0.25) is 0 Å². The Morgan fingerprint density at radius 2 is 2.00 bits per heavy atom. The Labute approximate surface area is 96.2 Å². The third-order valence-electron chi connectivity index (χ3n) is 2.19. The summed E-state index contributed by atoms with van der Waals surface area (Å²) in [6, 6.07) is 6.79. The van der Waals surface area contributed by atoms with Crippen molar-refractivity contribution >= 4 is 10.0 Å². The van der Waals surface area contributed by atoms with Crippen molar-refractivity contribution < 1.29 is 13.5 Å². The van der Waals surface area contributed by atoms with E-state index in [1.807, 2.05) is 19.9 Å². The molecule has 0 fully saturated rings. The highest BCUT2D eigenvalue weighted by molar-refractivity contribution is 7.89. The van der Waals surface area contributed by atoms with Gasteiger partial charge in [-0.2, -0.15) is 0 Å². The Kier molecular flexibility index (Phi) is 3.60. The second kappa shape index (κ2) is 4.43. The highest BCUT2D eigenvalue weighted by Gasteiger charge is 2.24. The minimum Gasteiger partial charge on any atom is -0.508 e.